The summed E-state index contributed by atoms with van der Waals surface area (Å²) in [5.41, 5.74) is 2.23. The largest absolute Gasteiger partial charge is 0.356 e. The topological polar surface area (TPSA) is 80.0 Å². The maximum atomic E-state index is 4.42. The lowest BCUT2D eigenvalue weighted by Crippen LogP contribution is -2.37. The van der Waals surface area contributed by atoms with E-state index in [0.717, 1.165) is 55.5 Å². The van der Waals surface area contributed by atoms with Gasteiger partial charge >= 0.3 is 0 Å². The number of hydrogen-bond donors (Lipinski definition) is 2. The molecule has 0 saturated carbocycles. The number of hydrogen-bond acceptors (Lipinski definition) is 4. The molecule has 1 aromatic carbocycles. The first kappa shape index (κ1) is 22.5. The van der Waals surface area contributed by atoms with Gasteiger partial charge in [0, 0.05) is 51.1 Å². The molecule has 0 amide bonds. The van der Waals surface area contributed by atoms with Crippen molar-refractivity contribution in [1.82, 2.24) is 30.4 Å². The first-order valence-electron chi connectivity index (χ1n) is 10.5. The molecule has 2 N–H and O–H groups in total. The predicted molar refractivity (Wildman–Crippen MR) is 131 cm³/mol. The van der Waals surface area contributed by atoms with Gasteiger partial charge in [-0.15, -0.1) is 34.2 Å². The summed E-state index contributed by atoms with van der Waals surface area (Å²) in [6.45, 7) is 2.62. The Balaban J connectivity index is 0.00000256. The fraction of sp³-hybridized carbons (Fsp3) is 0.455. The summed E-state index contributed by atoms with van der Waals surface area (Å²) in [5.74, 6) is 3.09. The summed E-state index contributed by atoms with van der Waals surface area (Å²) in [5, 5.41) is 16.8. The lowest BCUT2D eigenvalue weighted by Gasteiger charge is -2.13. The van der Waals surface area contributed by atoms with Crippen molar-refractivity contribution >= 4 is 40.8 Å². The molecule has 0 aliphatic carbocycles. The lowest BCUT2D eigenvalue weighted by molar-refractivity contribution is 0.594. The van der Waals surface area contributed by atoms with Gasteiger partial charge in [-0.3, -0.25) is 9.98 Å². The molecule has 0 unspecified atom stereocenters. The quantitative estimate of drug-likeness (QED) is 0.226. The van der Waals surface area contributed by atoms with Crippen LogP contribution in [0.2, 0.25) is 0 Å². The number of para-hydroxylation sites is 1. The molecule has 30 heavy (non-hydrogen) atoms. The van der Waals surface area contributed by atoms with Crippen LogP contribution >= 0.6 is 24.0 Å². The minimum atomic E-state index is 0. The summed E-state index contributed by atoms with van der Waals surface area (Å²) in [4.78, 5) is 8.77. The third kappa shape index (κ3) is 5.47. The number of nitrogens with zero attached hydrogens (tertiary/aromatic N) is 5. The summed E-state index contributed by atoms with van der Waals surface area (Å²) < 4.78 is 2.33. The molecule has 3 aromatic rings. The average Bonchev–Trinajstić information content (AvgIpc) is 2.99. The second kappa shape index (κ2) is 11.2. The molecular weight excluding hydrogens is 489 g/mol. The molecule has 0 atom stereocenters. The van der Waals surface area contributed by atoms with E-state index in [0.29, 0.717) is 6.54 Å². The molecule has 7 nitrogen and oxygen atoms in total. The molecular formula is C22H30IN7. The van der Waals surface area contributed by atoms with Gasteiger partial charge in [0.25, 0.3) is 0 Å². The van der Waals surface area contributed by atoms with Crippen LogP contribution in [0, 0.1) is 0 Å². The van der Waals surface area contributed by atoms with Gasteiger partial charge in [-0.2, -0.15) is 0 Å². The molecule has 0 radical (unpaired) electrons. The second-order valence-corrected chi connectivity index (χ2v) is 7.44. The van der Waals surface area contributed by atoms with Crippen molar-refractivity contribution in [3.8, 4) is 0 Å². The molecule has 0 saturated heterocycles. The van der Waals surface area contributed by atoms with Crippen LogP contribution in [0.5, 0.6) is 0 Å². The highest BCUT2D eigenvalue weighted by atomic mass is 127. The van der Waals surface area contributed by atoms with Gasteiger partial charge in [-0.05, 0) is 37.0 Å². The van der Waals surface area contributed by atoms with Crippen molar-refractivity contribution in [2.45, 2.75) is 51.6 Å². The van der Waals surface area contributed by atoms with E-state index in [4.69, 9.17) is 0 Å². The van der Waals surface area contributed by atoms with Gasteiger partial charge in [0.2, 0.25) is 0 Å². The third-order valence-corrected chi connectivity index (χ3v) is 5.46. The Morgan fingerprint density at radius 2 is 2.00 bits per heavy atom. The Bertz CT molecular complexity index is 977. The van der Waals surface area contributed by atoms with Crippen molar-refractivity contribution < 1.29 is 0 Å². The Morgan fingerprint density at radius 1 is 1.10 bits per heavy atom. The molecule has 4 rings (SSSR count). The van der Waals surface area contributed by atoms with Gasteiger partial charge < -0.3 is 15.2 Å². The highest BCUT2D eigenvalue weighted by Gasteiger charge is 2.14. The molecule has 0 fully saturated rings. The Labute approximate surface area is 194 Å². The van der Waals surface area contributed by atoms with E-state index in [1.165, 1.54) is 30.2 Å². The van der Waals surface area contributed by atoms with Crippen molar-refractivity contribution in [2.75, 3.05) is 13.6 Å². The molecule has 0 spiro atoms. The summed E-state index contributed by atoms with van der Waals surface area (Å²) in [6, 6.07) is 10.3. The zero-order chi connectivity index (χ0) is 19.9. The number of pyridine rings is 1. The van der Waals surface area contributed by atoms with E-state index in [1.807, 2.05) is 24.4 Å². The van der Waals surface area contributed by atoms with Crippen molar-refractivity contribution in [2.24, 2.45) is 4.99 Å². The highest BCUT2D eigenvalue weighted by Crippen LogP contribution is 2.16. The Kier molecular flexibility index (Phi) is 8.41. The number of aliphatic imine (C=N–C) groups is 1. The van der Waals surface area contributed by atoms with Crippen LogP contribution in [0.15, 0.2) is 41.5 Å². The molecule has 160 valence electrons. The van der Waals surface area contributed by atoms with Gasteiger partial charge in [-0.25, -0.2) is 0 Å². The number of guanidine groups is 1. The number of aromatic nitrogens is 4. The standard InChI is InChI=1S/C22H29N7.HI/c1-23-22(26-16-17-12-14-24-19-9-5-4-8-18(17)19)25-13-7-11-21-28-27-20-10-3-2-6-15-29(20)21;/h4-5,8-9,12,14H,2-3,6-7,10-11,13,15-16H2,1H3,(H2,23,25,26);1H. The number of benzene rings is 1. The van der Waals surface area contributed by atoms with Gasteiger partial charge in [-0.1, -0.05) is 24.6 Å². The maximum absolute atomic E-state index is 4.42. The summed E-state index contributed by atoms with van der Waals surface area (Å²) in [6.07, 6.45) is 8.61. The molecule has 1 aliphatic heterocycles. The average molecular weight is 519 g/mol. The van der Waals surface area contributed by atoms with Crippen molar-refractivity contribution in [3.63, 3.8) is 0 Å². The van der Waals surface area contributed by atoms with Crippen molar-refractivity contribution in [3.05, 3.63) is 53.7 Å². The first-order chi connectivity index (χ1) is 14.3. The molecule has 0 bridgehead atoms. The normalized spacial score (nSPS) is 14.0. The molecule has 2 aromatic heterocycles. The fourth-order valence-electron chi connectivity index (χ4n) is 3.89. The number of nitrogens with one attached hydrogen (secondary N) is 2. The van der Waals surface area contributed by atoms with E-state index in [2.05, 4.69) is 47.5 Å². The van der Waals surface area contributed by atoms with E-state index in [9.17, 15) is 0 Å². The van der Waals surface area contributed by atoms with E-state index in [-0.39, 0.29) is 24.0 Å². The molecule has 8 heteroatoms. The van der Waals surface area contributed by atoms with Crippen LogP contribution < -0.4 is 10.6 Å². The third-order valence-electron chi connectivity index (χ3n) is 5.46. The monoisotopic (exact) mass is 519 g/mol. The van der Waals surface area contributed by atoms with Crippen LogP contribution in [-0.2, 0) is 25.9 Å². The predicted octanol–water partition coefficient (Wildman–Crippen LogP) is 3.47. The number of rotatable bonds is 6. The smallest absolute Gasteiger partial charge is 0.191 e. The van der Waals surface area contributed by atoms with Crippen molar-refractivity contribution in [1.29, 1.82) is 0 Å². The number of halogens is 1. The Hall–Kier alpha value is -2.23. The number of fused-ring (bicyclic) bond motifs is 2. The highest BCUT2D eigenvalue weighted by molar-refractivity contribution is 14.0. The Morgan fingerprint density at radius 3 is 2.90 bits per heavy atom. The zero-order valence-electron chi connectivity index (χ0n) is 17.5. The SMILES string of the molecule is CN=C(NCCCc1nnc2n1CCCCC2)NCc1ccnc2ccccc12.I. The van der Waals surface area contributed by atoms with Gasteiger partial charge in [0.05, 0.1) is 5.52 Å². The minimum absolute atomic E-state index is 0. The van der Waals surface area contributed by atoms with Crippen LogP contribution in [0.4, 0.5) is 0 Å². The first-order valence-corrected chi connectivity index (χ1v) is 10.5. The van der Waals surface area contributed by atoms with Crippen LogP contribution in [-0.4, -0.2) is 39.3 Å². The van der Waals surface area contributed by atoms with E-state index >= 15 is 0 Å². The van der Waals surface area contributed by atoms with E-state index in [1.54, 1.807) is 7.05 Å². The van der Waals surface area contributed by atoms with Crippen LogP contribution in [0.25, 0.3) is 10.9 Å². The van der Waals surface area contributed by atoms with Gasteiger partial charge in [0.1, 0.15) is 11.6 Å². The summed E-state index contributed by atoms with van der Waals surface area (Å²) in [7, 11) is 1.80. The molecule has 3 heterocycles. The molecule has 1 aliphatic rings. The zero-order valence-corrected chi connectivity index (χ0v) is 19.8. The minimum Gasteiger partial charge on any atom is -0.356 e. The van der Waals surface area contributed by atoms with E-state index < -0.39 is 0 Å². The fourth-order valence-corrected chi connectivity index (χ4v) is 3.89. The second-order valence-electron chi connectivity index (χ2n) is 7.44. The lowest BCUT2D eigenvalue weighted by atomic mass is 10.1. The van der Waals surface area contributed by atoms with Crippen LogP contribution in [0.3, 0.4) is 0 Å². The van der Waals surface area contributed by atoms with Crippen LogP contribution in [0.1, 0.15) is 42.9 Å². The maximum Gasteiger partial charge on any atom is 0.191 e. The summed E-state index contributed by atoms with van der Waals surface area (Å²) >= 11 is 0. The van der Waals surface area contributed by atoms with Gasteiger partial charge in [0.15, 0.2) is 5.96 Å². The number of aryl methyl sites for hydroxylation is 2.